The van der Waals surface area contributed by atoms with Crippen LogP contribution < -0.4 is 16.1 Å². The normalized spacial score (nSPS) is 14.5. The van der Waals surface area contributed by atoms with Crippen molar-refractivity contribution in [2.75, 3.05) is 10.6 Å². The number of pyridine rings is 3. The predicted molar refractivity (Wildman–Crippen MR) is 505 cm³/mol. The monoisotopic (exact) mass is 1850 g/mol. The van der Waals surface area contributed by atoms with Crippen LogP contribution in [0.3, 0.4) is 0 Å². The third-order valence-electron chi connectivity index (χ3n) is 19.9. The van der Waals surface area contributed by atoms with Crippen LogP contribution in [-0.4, -0.2) is 105 Å². The van der Waals surface area contributed by atoms with Gasteiger partial charge in [0.15, 0.2) is 10.3 Å². The van der Waals surface area contributed by atoms with Gasteiger partial charge < -0.3 is 45.6 Å². The van der Waals surface area contributed by atoms with Gasteiger partial charge in [-0.05, 0) is 353 Å². The summed E-state index contributed by atoms with van der Waals surface area (Å²) >= 11 is 14.7. The molecule has 5 saturated carbocycles. The molecule has 3 N–H and O–H groups in total. The Morgan fingerprint density at radius 3 is 1.41 bits per heavy atom. The van der Waals surface area contributed by atoms with E-state index < -0.39 is 5.43 Å². The fourth-order valence-corrected chi connectivity index (χ4v) is 15.2. The minimum Gasteiger partial charge on any atom is -0.450 e. The molecule has 1 aliphatic heterocycles. The van der Waals surface area contributed by atoms with Crippen molar-refractivity contribution in [3.63, 3.8) is 0 Å². The maximum absolute atomic E-state index is 12.8. The van der Waals surface area contributed by atoms with Gasteiger partial charge in [-0.15, -0.1) is 18.3 Å². The molecule has 0 bridgehead atoms. The number of hydrogen-bond acceptors (Lipinski definition) is 17. The Hall–Kier alpha value is -13.4. The number of rotatable bonds is 9. The van der Waals surface area contributed by atoms with Crippen LogP contribution in [0.4, 0.5) is 24.6 Å². The number of terminal acetylenes is 1. The van der Waals surface area contributed by atoms with Gasteiger partial charge in [-0.3, -0.25) is 45.5 Å². The van der Waals surface area contributed by atoms with Crippen LogP contribution in [0.25, 0.3) is 64.7 Å². The first-order valence-corrected chi connectivity index (χ1v) is 44.0. The summed E-state index contributed by atoms with van der Waals surface area (Å²) in [4.78, 5) is 84.3. The van der Waals surface area contributed by atoms with E-state index in [2.05, 4.69) is 233 Å². The summed E-state index contributed by atoms with van der Waals surface area (Å²) in [6.45, 7) is 13.2. The number of H-pyrrole nitrogens is 1. The number of aromatic amines is 1. The Balaban J connectivity index is 0.000000160. The second-order valence-electron chi connectivity index (χ2n) is 29.5. The molecule has 0 spiro atoms. The number of nitrogens with zero attached hydrogens (tertiary/aromatic N) is 7. The second-order valence-corrected chi connectivity index (χ2v) is 33.7. The molecule has 2 aromatic carbocycles. The number of amides is 2. The van der Waals surface area contributed by atoms with Crippen molar-refractivity contribution in [2.45, 2.75) is 186 Å². The van der Waals surface area contributed by atoms with E-state index >= 15 is 0 Å². The summed E-state index contributed by atoms with van der Waals surface area (Å²) in [5.74, 6) is 63.2. The first-order valence-electron chi connectivity index (χ1n) is 40.4. The molecular weight excluding hydrogens is 1770 g/mol. The van der Waals surface area contributed by atoms with Gasteiger partial charge in [0.2, 0.25) is 11.8 Å². The molecule has 20 nitrogen and oxygen atoms in total. The molecule has 0 unspecified atom stereocenters. The van der Waals surface area contributed by atoms with Gasteiger partial charge >= 0.3 is 24.7 Å². The summed E-state index contributed by atoms with van der Waals surface area (Å²) in [7, 11) is -0.383. The second kappa shape index (κ2) is 49.2. The number of fused-ring (bicyclic) bond motifs is 5. The molecule has 26 heteroatoms. The zero-order valence-electron chi connectivity index (χ0n) is 69.7. The van der Waals surface area contributed by atoms with Crippen molar-refractivity contribution in [1.29, 1.82) is 0 Å². The lowest BCUT2D eigenvalue weighted by Gasteiger charge is -2.32. The van der Waals surface area contributed by atoms with Crippen LogP contribution in [0.1, 0.15) is 157 Å². The number of halogens is 3. The molecule has 9 heterocycles. The molecule has 5 aliphatic carbocycles. The first kappa shape index (κ1) is 94.8. The Morgan fingerprint density at radius 1 is 0.516 bits per heavy atom. The number of ether oxygens (including phenoxy) is 3. The van der Waals surface area contributed by atoms with Crippen LogP contribution in [0.5, 0.6) is 0 Å². The Labute approximate surface area is 765 Å². The third kappa shape index (κ3) is 30.5. The minimum absolute atomic E-state index is 0.00294. The predicted octanol–water partition coefficient (Wildman–Crippen LogP) is 19.1. The van der Waals surface area contributed by atoms with Crippen LogP contribution in [0, 0.1) is 186 Å². The molecule has 6 aliphatic rings. The third-order valence-corrected chi connectivity index (χ3v) is 22.7. The van der Waals surface area contributed by atoms with Gasteiger partial charge in [0, 0.05) is 75.1 Å². The molecule has 0 atom stereocenters. The number of carbonyl (C=O) groups is 5. The van der Waals surface area contributed by atoms with E-state index in [1.807, 2.05) is 113 Å². The zero-order valence-corrected chi connectivity index (χ0v) is 75.3. The van der Waals surface area contributed by atoms with Crippen molar-refractivity contribution in [3.05, 3.63) is 132 Å². The molecule has 10 aromatic rings. The zero-order chi connectivity index (χ0) is 89.5. The van der Waals surface area contributed by atoms with Gasteiger partial charge in [0.05, 0.1) is 64.7 Å². The number of aromatic nitrogens is 8. The number of anilines is 2. The number of carbonyl (C=O) groups excluding carboxylic acids is 5. The number of hydrogen-bond donors (Lipinski definition) is 3. The van der Waals surface area contributed by atoms with Gasteiger partial charge in [0.1, 0.15) is 18.3 Å². The maximum atomic E-state index is 12.8. The van der Waals surface area contributed by atoms with Crippen LogP contribution >= 0.6 is 66.1 Å². The van der Waals surface area contributed by atoms with Crippen molar-refractivity contribution < 1.29 is 47.5 Å². The van der Waals surface area contributed by atoms with Gasteiger partial charge in [-0.1, -0.05) is 60.0 Å². The lowest BCUT2D eigenvalue weighted by Crippen LogP contribution is -2.41. The average Bonchev–Trinajstić information content (AvgIpc) is 1.62. The van der Waals surface area contributed by atoms with E-state index in [9.17, 15) is 24.0 Å². The summed E-state index contributed by atoms with van der Waals surface area (Å²) in [6.07, 6.45) is 41.8. The lowest BCUT2D eigenvalue weighted by molar-refractivity contribution is -0.118. The summed E-state index contributed by atoms with van der Waals surface area (Å²) in [6, 6.07) is 23.4. The van der Waals surface area contributed by atoms with Crippen molar-refractivity contribution in [2.24, 2.45) is 11.8 Å². The molecule has 6 fully saturated rings. The molecular formula is C100H82BBr2ClN10O10S2-2. The summed E-state index contributed by atoms with van der Waals surface area (Å²) in [5.41, 5.74) is 8.34. The van der Waals surface area contributed by atoms with Crippen LogP contribution in [0.15, 0.2) is 119 Å². The minimum atomic E-state index is -0.660. The molecule has 1 saturated heterocycles. The van der Waals surface area contributed by atoms with E-state index in [4.69, 9.17) is 48.0 Å². The fourth-order valence-electron chi connectivity index (χ4n) is 12.6. The highest BCUT2D eigenvalue weighted by Gasteiger charge is 2.52. The SMILES string of the molecule is Brc1cnc2cc[nH]c2c1.C#CC#CC#CC#CC#CC#CC#CC.CC1(C)OB(c2ccc3nc(NC(=O)C4CC4)sc3c2)OC1(C)C.O=C(Cl)OC1CCCCC1.O=C(Nc1nc2ccc(-c3cnc4ccn(C(=O)OC5CCCCC5)c4c3)cc2s1)C1CC1.O=C(OC1CCCCC1)n1ccc2ncc(Br)cc21.[C-]#CC#CC#CC#CC#CC#CC#C[CH2-]. The van der Waals surface area contributed by atoms with Gasteiger partial charge in [-0.2, -0.15) is 6.92 Å². The number of thiazole rings is 2. The highest BCUT2D eigenvalue weighted by Crippen LogP contribution is 2.39. The number of nitrogens with one attached hydrogen (secondary N) is 3. The highest BCUT2D eigenvalue weighted by molar-refractivity contribution is 9.10. The van der Waals surface area contributed by atoms with Crippen molar-refractivity contribution in [3.8, 4) is 171 Å². The molecule has 126 heavy (non-hydrogen) atoms. The Bertz CT molecular complexity index is 6480. The van der Waals surface area contributed by atoms with E-state index in [-0.39, 0.29) is 72.5 Å². The van der Waals surface area contributed by atoms with Crippen molar-refractivity contribution >= 4 is 172 Å². The van der Waals surface area contributed by atoms with E-state index in [0.717, 1.165) is 182 Å². The molecule has 2 amide bonds. The molecule has 0 radical (unpaired) electrons. The van der Waals surface area contributed by atoms with Gasteiger partial charge in [-0.25, -0.2) is 36.2 Å². The summed E-state index contributed by atoms with van der Waals surface area (Å²) in [5, 5.41) is 7.13. The van der Waals surface area contributed by atoms with Crippen molar-refractivity contribution in [1.82, 2.24) is 39.0 Å². The van der Waals surface area contributed by atoms with E-state index in [1.165, 1.54) is 46.5 Å². The number of benzene rings is 2. The molecule has 8 aromatic heterocycles. The topological polar surface area (TPSA) is 246 Å². The Morgan fingerprint density at radius 2 is 0.944 bits per heavy atom. The molecule has 16 rings (SSSR count). The highest BCUT2D eigenvalue weighted by atomic mass is 79.9. The maximum Gasteiger partial charge on any atom is 0.494 e. The van der Waals surface area contributed by atoms with E-state index in [0.29, 0.717) is 10.3 Å². The Kier molecular flexibility index (Phi) is 37.0. The quantitative estimate of drug-likeness (QED) is 0.0400. The van der Waals surface area contributed by atoms with Crippen LogP contribution in [0.2, 0.25) is 0 Å². The molecule has 630 valence electrons. The first-order chi connectivity index (χ1) is 61.1. The fraction of sp³-hybridized carbons (Fsp3) is 0.310. The lowest BCUT2D eigenvalue weighted by atomic mass is 9.79. The largest absolute Gasteiger partial charge is 0.494 e. The average molecular weight is 1850 g/mol. The van der Waals surface area contributed by atoms with Crippen LogP contribution in [-0.2, 0) is 33.1 Å². The smallest absolute Gasteiger partial charge is 0.450 e. The van der Waals surface area contributed by atoms with E-state index in [1.54, 1.807) is 36.3 Å². The van der Waals surface area contributed by atoms with Gasteiger partial charge in [0.25, 0.3) is 0 Å². The summed E-state index contributed by atoms with van der Waals surface area (Å²) < 4.78 is 35.3. The standard InChI is InChI=1S/C25H24N4O3S.C17H21BN2O3S.C15H4.C15H2.C14H15BrN2O2.C7H5BrN2.C7H11ClO2/c30-23(15-6-7-15)28-24-27-20-9-8-16(13-22(20)33-24)17-12-21-19(26-14-17)10-11-29(21)25(31)32-18-4-2-1-3-5-18;1-16(2)17(3,4)23-18(22-16)11-7-8-12-13(9-11)24-15(19-12)20-14(21)10-5-6-10;2*1-3-5-7-9-11-13-15-14-12-10-8-6-4-2;15-10-8-13-12(16-9-10)6-7-17(13)14(18)19-11-4-2-1-3-5-11;8-5-3-7-6(10-4-5)1-2-9-7;8-7(9)10-6-4-2-1-3-5-6/h8-15,18H,1-7H2,(H,27,28,30);7-10H,5-6H2,1-4H3,(H,19,20,21);1H,2H3;1H2;6-9,11H,1-5H2;1-4,9H;6H,1-5H2/q;;;-2;;;.